The molecule has 0 aromatic carbocycles. The van der Waals surface area contributed by atoms with Crippen molar-refractivity contribution in [2.75, 3.05) is 14.2 Å². The first-order valence-electron chi connectivity index (χ1n) is 3.23. The van der Waals surface area contributed by atoms with Crippen molar-refractivity contribution in [1.82, 2.24) is 5.06 Å². The molecule has 0 saturated carbocycles. The zero-order chi connectivity index (χ0) is 7.98. The Morgan fingerprint density at radius 1 is 1.70 bits per heavy atom. The van der Waals surface area contributed by atoms with E-state index >= 15 is 0 Å². The molecule has 1 amide bonds. The molecule has 10 heavy (non-hydrogen) atoms. The molecule has 0 saturated heterocycles. The summed E-state index contributed by atoms with van der Waals surface area (Å²) < 4.78 is 0. The number of hydrogen-bond acceptors (Lipinski definition) is 2. The monoisotopic (exact) mass is 141 g/mol. The summed E-state index contributed by atoms with van der Waals surface area (Å²) in [6, 6.07) is 0. The molecule has 4 heteroatoms. The molecule has 0 atom stereocenters. The summed E-state index contributed by atoms with van der Waals surface area (Å²) in [5.41, 5.74) is 0. The Hall–Kier alpha value is -0.505. The maximum atomic E-state index is 10.9. The number of amides is 1. The maximum Gasteiger partial charge on any atom is 0.245 e. The lowest BCUT2D eigenvalue weighted by Crippen LogP contribution is -2.24. The van der Waals surface area contributed by atoms with Crippen molar-refractivity contribution in [2.24, 2.45) is 0 Å². The average molecular weight is 141 g/mol. The molecule has 0 bridgehead atoms. The lowest BCUT2D eigenvalue weighted by Gasteiger charge is -2.12. The summed E-state index contributed by atoms with van der Waals surface area (Å²) in [6.07, 6.45) is 1.72. The lowest BCUT2D eigenvalue weighted by atomic mass is 10.0. The molecule has 0 aromatic rings. The normalized spacial score (nSPS) is 9.40. The summed E-state index contributed by atoms with van der Waals surface area (Å²) in [5.74, 6) is -0.0343. The minimum Gasteiger partial charge on any atom is -0.275 e. The van der Waals surface area contributed by atoms with Gasteiger partial charge in [-0.05, 0) is 0 Å². The van der Waals surface area contributed by atoms with Crippen molar-refractivity contribution in [1.29, 1.82) is 0 Å². The van der Waals surface area contributed by atoms with Crippen LogP contribution in [-0.2, 0) is 9.63 Å². The summed E-state index contributed by atoms with van der Waals surface area (Å²) in [7, 11) is 8.25. The Bertz CT molecular complexity index is 108. The number of hydrogen-bond donors (Lipinski definition) is 0. The van der Waals surface area contributed by atoms with E-state index in [0.29, 0.717) is 19.2 Å². The second-order valence-corrected chi connectivity index (χ2v) is 1.97. The third kappa shape index (κ3) is 3.51. The van der Waals surface area contributed by atoms with Crippen LogP contribution in [0.25, 0.3) is 0 Å². The lowest BCUT2D eigenvalue weighted by molar-refractivity contribution is -0.168. The fraction of sp³-hybridized carbons (Fsp3) is 0.833. The van der Waals surface area contributed by atoms with E-state index in [0.717, 1.165) is 0 Å². The molecule has 56 valence electrons. The molecule has 2 radical (unpaired) electrons. The highest BCUT2D eigenvalue weighted by atomic mass is 16.7. The second-order valence-electron chi connectivity index (χ2n) is 1.97. The molecule has 0 aliphatic heterocycles. The van der Waals surface area contributed by atoms with Gasteiger partial charge in [0, 0.05) is 13.5 Å². The van der Waals surface area contributed by atoms with Gasteiger partial charge in [-0.1, -0.05) is 12.7 Å². The van der Waals surface area contributed by atoms with Crippen LogP contribution in [-0.4, -0.2) is 33.0 Å². The highest BCUT2D eigenvalue weighted by Crippen LogP contribution is 1.96. The predicted octanol–water partition coefficient (Wildman–Crippen LogP) is 0.373. The van der Waals surface area contributed by atoms with Gasteiger partial charge in [0.25, 0.3) is 0 Å². The van der Waals surface area contributed by atoms with E-state index < -0.39 is 0 Å². The van der Waals surface area contributed by atoms with Gasteiger partial charge in [-0.3, -0.25) is 9.63 Å². The first-order chi connectivity index (χ1) is 4.72. The molecular formula is C6H12BNO2. The van der Waals surface area contributed by atoms with Crippen LogP contribution in [0.15, 0.2) is 0 Å². The van der Waals surface area contributed by atoms with Crippen molar-refractivity contribution >= 4 is 13.8 Å². The van der Waals surface area contributed by atoms with E-state index in [1.807, 2.05) is 0 Å². The number of carbonyl (C=O) groups excluding carboxylic acids is 1. The summed E-state index contributed by atoms with van der Waals surface area (Å²) in [5, 5.41) is 1.20. The molecular weight excluding hydrogens is 129 g/mol. The minimum atomic E-state index is -0.0343. The molecule has 0 aliphatic carbocycles. The average Bonchev–Trinajstić information content (AvgIpc) is 1.98. The van der Waals surface area contributed by atoms with Crippen LogP contribution in [0.5, 0.6) is 0 Å². The van der Waals surface area contributed by atoms with Gasteiger partial charge in [-0.2, -0.15) is 0 Å². The van der Waals surface area contributed by atoms with Gasteiger partial charge in [0.1, 0.15) is 0 Å². The van der Waals surface area contributed by atoms with Crippen LogP contribution in [0.3, 0.4) is 0 Å². The Morgan fingerprint density at radius 2 is 2.30 bits per heavy atom. The van der Waals surface area contributed by atoms with E-state index in [1.54, 1.807) is 7.05 Å². The number of hydroxylamine groups is 2. The predicted molar refractivity (Wildman–Crippen MR) is 39.6 cm³/mol. The Morgan fingerprint density at radius 3 is 2.70 bits per heavy atom. The summed E-state index contributed by atoms with van der Waals surface area (Å²) >= 11 is 0. The van der Waals surface area contributed by atoms with E-state index in [2.05, 4.69) is 4.84 Å². The van der Waals surface area contributed by atoms with Gasteiger partial charge in [-0.25, -0.2) is 5.06 Å². The standard InChI is InChI=1S/C6H12BNO2/c1-8(10-2)6(9)4-3-5-7/h3-5H2,1-2H3. The van der Waals surface area contributed by atoms with E-state index in [1.165, 1.54) is 12.2 Å². The van der Waals surface area contributed by atoms with E-state index in [-0.39, 0.29) is 5.91 Å². The summed E-state index contributed by atoms with van der Waals surface area (Å²) in [4.78, 5) is 15.5. The van der Waals surface area contributed by atoms with Crippen LogP contribution < -0.4 is 0 Å². The van der Waals surface area contributed by atoms with Crippen LogP contribution in [0.2, 0.25) is 6.32 Å². The van der Waals surface area contributed by atoms with Crippen molar-refractivity contribution in [3.05, 3.63) is 0 Å². The zero-order valence-corrected chi connectivity index (χ0v) is 6.46. The van der Waals surface area contributed by atoms with E-state index in [4.69, 9.17) is 7.85 Å². The van der Waals surface area contributed by atoms with Gasteiger partial charge in [-0.15, -0.1) is 0 Å². The Kier molecular flexibility index (Phi) is 5.03. The number of carbonyl (C=O) groups is 1. The molecule has 0 rings (SSSR count). The fourth-order valence-electron chi connectivity index (χ4n) is 0.513. The zero-order valence-electron chi connectivity index (χ0n) is 6.46. The highest BCUT2D eigenvalue weighted by molar-refractivity contribution is 6.08. The molecule has 0 aliphatic rings. The van der Waals surface area contributed by atoms with Crippen molar-refractivity contribution in [3.8, 4) is 0 Å². The van der Waals surface area contributed by atoms with Crippen molar-refractivity contribution in [2.45, 2.75) is 19.2 Å². The minimum absolute atomic E-state index is 0.0343. The van der Waals surface area contributed by atoms with Gasteiger partial charge in [0.05, 0.1) is 15.0 Å². The number of nitrogens with zero attached hydrogens (tertiary/aromatic N) is 1. The van der Waals surface area contributed by atoms with Crippen molar-refractivity contribution in [3.63, 3.8) is 0 Å². The van der Waals surface area contributed by atoms with E-state index in [9.17, 15) is 4.79 Å². The molecule has 0 aromatic heterocycles. The topological polar surface area (TPSA) is 29.5 Å². The smallest absolute Gasteiger partial charge is 0.245 e. The third-order valence-corrected chi connectivity index (χ3v) is 1.22. The van der Waals surface area contributed by atoms with Gasteiger partial charge >= 0.3 is 0 Å². The van der Waals surface area contributed by atoms with Crippen LogP contribution in [0, 0.1) is 0 Å². The Labute approximate surface area is 62.7 Å². The highest BCUT2D eigenvalue weighted by Gasteiger charge is 2.04. The second kappa shape index (κ2) is 5.29. The van der Waals surface area contributed by atoms with Gasteiger partial charge < -0.3 is 0 Å². The third-order valence-electron chi connectivity index (χ3n) is 1.22. The largest absolute Gasteiger partial charge is 0.275 e. The van der Waals surface area contributed by atoms with Gasteiger partial charge in [0.2, 0.25) is 5.91 Å². The maximum absolute atomic E-state index is 10.9. The fourth-order valence-corrected chi connectivity index (χ4v) is 0.513. The van der Waals surface area contributed by atoms with Gasteiger partial charge in [0.15, 0.2) is 0 Å². The summed E-state index contributed by atoms with van der Waals surface area (Å²) in [6.45, 7) is 0. The molecule has 0 fully saturated rings. The quantitative estimate of drug-likeness (QED) is 0.418. The first kappa shape index (κ1) is 9.49. The SMILES string of the molecule is [B]CCCC(=O)N(C)OC. The first-order valence-corrected chi connectivity index (χ1v) is 3.23. The molecule has 0 spiro atoms. The molecule has 3 nitrogen and oxygen atoms in total. The molecule has 0 unspecified atom stereocenters. The number of rotatable bonds is 4. The van der Waals surface area contributed by atoms with Crippen molar-refractivity contribution < 1.29 is 9.63 Å². The van der Waals surface area contributed by atoms with Crippen LogP contribution in [0.4, 0.5) is 0 Å². The Balaban J connectivity index is 3.42. The van der Waals surface area contributed by atoms with Crippen LogP contribution >= 0.6 is 0 Å². The van der Waals surface area contributed by atoms with Crippen LogP contribution in [0.1, 0.15) is 12.8 Å². The molecule has 0 N–H and O–H groups in total. The molecule has 0 heterocycles.